The van der Waals surface area contributed by atoms with Crippen molar-refractivity contribution in [1.29, 1.82) is 0 Å². The van der Waals surface area contributed by atoms with Crippen LogP contribution in [0.4, 0.5) is 0 Å². The maximum Gasteiger partial charge on any atom is 0.161 e. The molecule has 88 valence electrons. The molecule has 1 aromatic rings. The molecule has 0 aromatic heterocycles. The first kappa shape index (κ1) is 12.6. The summed E-state index contributed by atoms with van der Waals surface area (Å²) in [5.41, 5.74) is 0.973. The zero-order valence-electron chi connectivity index (χ0n) is 9.93. The highest BCUT2D eigenvalue weighted by Gasteiger charge is 2.03. The van der Waals surface area contributed by atoms with Gasteiger partial charge in [-0.3, -0.25) is 0 Å². The SMILES string of the molecule is CCOc1ccc(/C=C/C(C)O)cc1OC. The van der Waals surface area contributed by atoms with Crippen molar-refractivity contribution in [2.45, 2.75) is 20.0 Å². The van der Waals surface area contributed by atoms with Crippen LogP contribution in [0, 0.1) is 0 Å². The third kappa shape index (κ3) is 3.59. The highest BCUT2D eigenvalue weighted by Crippen LogP contribution is 2.28. The summed E-state index contributed by atoms with van der Waals surface area (Å²) < 4.78 is 10.6. The molecule has 0 saturated heterocycles. The van der Waals surface area contributed by atoms with Crippen molar-refractivity contribution in [3.63, 3.8) is 0 Å². The van der Waals surface area contributed by atoms with Gasteiger partial charge in [-0.2, -0.15) is 0 Å². The summed E-state index contributed by atoms with van der Waals surface area (Å²) >= 11 is 0. The molecule has 0 bridgehead atoms. The largest absolute Gasteiger partial charge is 0.493 e. The zero-order chi connectivity index (χ0) is 12.0. The second-order valence-electron chi connectivity index (χ2n) is 3.44. The van der Waals surface area contributed by atoms with Crippen molar-refractivity contribution in [2.75, 3.05) is 13.7 Å². The lowest BCUT2D eigenvalue weighted by atomic mass is 10.1. The highest BCUT2D eigenvalue weighted by atomic mass is 16.5. The van der Waals surface area contributed by atoms with Gasteiger partial charge in [0.15, 0.2) is 11.5 Å². The molecule has 1 unspecified atom stereocenters. The van der Waals surface area contributed by atoms with Crippen LogP contribution in [0.25, 0.3) is 6.08 Å². The maximum absolute atomic E-state index is 9.14. The summed E-state index contributed by atoms with van der Waals surface area (Å²) in [6.45, 7) is 4.25. The van der Waals surface area contributed by atoms with E-state index in [0.29, 0.717) is 12.4 Å². The Kier molecular flexibility index (Phi) is 4.86. The quantitative estimate of drug-likeness (QED) is 0.831. The van der Waals surface area contributed by atoms with Gasteiger partial charge in [0.1, 0.15) is 0 Å². The molecule has 16 heavy (non-hydrogen) atoms. The molecule has 0 heterocycles. The smallest absolute Gasteiger partial charge is 0.161 e. The van der Waals surface area contributed by atoms with E-state index in [1.54, 1.807) is 20.1 Å². The molecular formula is C13H18O3. The van der Waals surface area contributed by atoms with Crippen LogP contribution in [0.3, 0.4) is 0 Å². The summed E-state index contributed by atoms with van der Waals surface area (Å²) in [5.74, 6) is 1.44. The van der Waals surface area contributed by atoms with E-state index in [2.05, 4.69) is 0 Å². The van der Waals surface area contributed by atoms with E-state index in [0.717, 1.165) is 11.3 Å². The number of ether oxygens (including phenoxy) is 2. The van der Waals surface area contributed by atoms with Gasteiger partial charge in [-0.05, 0) is 31.5 Å². The van der Waals surface area contributed by atoms with Gasteiger partial charge in [-0.15, -0.1) is 0 Å². The van der Waals surface area contributed by atoms with Gasteiger partial charge in [0.05, 0.1) is 19.8 Å². The molecule has 0 aliphatic carbocycles. The molecule has 1 aromatic carbocycles. The molecule has 1 atom stereocenters. The van der Waals surface area contributed by atoms with Gasteiger partial charge in [-0.25, -0.2) is 0 Å². The summed E-state index contributed by atoms with van der Waals surface area (Å²) in [6, 6.07) is 5.67. The highest BCUT2D eigenvalue weighted by molar-refractivity contribution is 5.56. The molecule has 0 saturated carbocycles. The first-order valence-electron chi connectivity index (χ1n) is 5.34. The monoisotopic (exact) mass is 222 g/mol. The minimum atomic E-state index is -0.447. The summed E-state index contributed by atoms with van der Waals surface area (Å²) in [7, 11) is 1.61. The maximum atomic E-state index is 9.14. The van der Waals surface area contributed by atoms with E-state index in [9.17, 15) is 0 Å². The molecule has 0 aliphatic heterocycles. The van der Waals surface area contributed by atoms with Gasteiger partial charge < -0.3 is 14.6 Å². The Morgan fingerprint density at radius 3 is 2.69 bits per heavy atom. The lowest BCUT2D eigenvalue weighted by molar-refractivity contribution is 0.245. The summed E-state index contributed by atoms with van der Waals surface area (Å²) in [6.07, 6.45) is 3.12. The van der Waals surface area contributed by atoms with E-state index in [1.807, 2.05) is 31.2 Å². The summed E-state index contributed by atoms with van der Waals surface area (Å²) in [5, 5.41) is 9.14. The van der Waals surface area contributed by atoms with Gasteiger partial charge in [0, 0.05) is 0 Å². The first-order valence-corrected chi connectivity index (χ1v) is 5.34. The lowest BCUT2D eigenvalue weighted by Crippen LogP contribution is -1.95. The minimum absolute atomic E-state index is 0.447. The topological polar surface area (TPSA) is 38.7 Å². The fraction of sp³-hybridized carbons (Fsp3) is 0.385. The Morgan fingerprint density at radius 2 is 2.12 bits per heavy atom. The normalized spacial score (nSPS) is 12.8. The average molecular weight is 222 g/mol. The van der Waals surface area contributed by atoms with E-state index in [4.69, 9.17) is 14.6 Å². The number of aliphatic hydroxyl groups excluding tert-OH is 1. The van der Waals surface area contributed by atoms with Gasteiger partial charge >= 0.3 is 0 Å². The Hall–Kier alpha value is -1.48. The Labute approximate surface area is 96.3 Å². The standard InChI is InChI=1S/C13H18O3/c1-4-16-12-8-7-11(6-5-10(2)14)9-13(12)15-3/h5-10,14H,4H2,1-3H3/b6-5+. The number of hydrogen-bond donors (Lipinski definition) is 1. The molecular weight excluding hydrogens is 204 g/mol. The molecule has 0 spiro atoms. The predicted octanol–water partition coefficient (Wildman–Crippen LogP) is 2.49. The van der Waals surface area contributed by atoms with E-state index < -0.39 is 6.10 Å². The van der Waals surface area contributed by atoms with Gasteiger partial charge in [0.2, 0.25) is 0 Å². The Bertz CT molecular complexity index is 356. The molecule has 3 heteroatoms. The van der Waals surface area contributed by atoms with E-state index >= 15 is 0 Å². The molecule has 1 N–H and O–H groups in total. The fourth-order valence-electron chi connectivity index (χ4n) is 1.31. The summed E-state index contributed by atoms with van der Waals surface area (Å²) in [4.78, 5) is 0. The second kappa shape index (κ2) is 6.18. The molecule has 3 nitrogen and oxygen atoms in total. The van der Waals surface area contributed by atoms with E-state index in [1.165, 1.54) is 0 Å². The third-order valence-corrected chi connectivity index (χ3v) is 2.05. The fourth-order valence-corrected chi connectivity index (χ4v) is 1.31. The van der Waals surface area contributed by atoms with Crippen molar-refractivity contribution in [3.8, 4) is 11.5 Å². The van der Waals surface area contributed by atoms with Crippen LogP contribution in [0.15, 0.2) is 24.3 Å². The second-order valence-corrected chi connectivity index (χ2v) is 3.44. The van der Waals surface area contributed by atoms with Crippen LogP contribution in [-0.4, -0.2) is 24.9 Å². The van der Waals surface area contributed by atoms with E-state index in [-0.39, 0.29) is 0 Å². The van der Waals surface area contributed by atoms with Crippen LogP contribution in [-0.2, 0) is 0 Å². The molecule has 0 amide bonds. The first-order chi connectivity index (χ1) is 7.67. The van der Waals surface area contributed by atoms with Crippen molar-refractivity contribution in [3.05, 3.63) is 29.8 Å². The van der Waals surface area contributed by atoms with Crippen molar-refractivity contribution in [1.82, 2.24) is 0 Å². The van der Waals surface area contributed by atoms with Gasteiger partial charge in [0.25, 0.3) is 0 Å². The van der Waals surface area contributed by atoms with Crippen LogP contribution >= 0.6 is 0 Å². The number of hydrogen-bond acceptors (Lipinski definition) is 3. The van der Waals surface area contributed by atoms with Crippen molar-refractivity contribution >= 4 is 6.08 Å². The molecule has 0 radical (unpaired) electrons. The van der Waals surface area contributed by atoms with Gasteiger partial charge in [-0.1, -0.05) is 18.2 Å². The number of benzene rings is 1. The number of methoxy groups -OCH3 is 1. The zero-order valence-corrected chi connectivity index (χ0v) is 9.93. The average Bonchev–Trinajstić information content (AvgIpc) is 2.28. The molecule has 0 fully saturated rings. The van der Waals surface area contributed by atoms with Crippen LogP contribution in [0.1, 0.15) is 19.4 Å². The van der Waals surface area contributed by atoms with Crippen LogP contribution in [0.5, 0.6) is 11.5 Å². The van der Waals surface area contributed by atoms with Crippen molar-refractivity contribution < 1.29 is 14.6 Å². The Balaban J connectivity index is 2.90. The van der Waals surface area contributed by atoms with Crippen molar-refractivity contribution in [2.24, 2.45) is 0 Å². The number of aliphatic hydroxyl groups is 1. The Morgan fingerprint density at radius 1 is 1.38 bits per heavy atom. The predicted molar refractivity (Wildman–Crippen MR) is 64.9 cm³/mol. The number of rotatable bonds is 5. The van der Waals surface area contributed by atoms with Crippen LogP contribution < -0.4 is 9.47 Å². The lowest BCUT2D eigenvalue weighted by Gasteiger charge is -2.09. The minimum Gasteiger partial charge on any atom is -0.493 e. The molecule has 0 aliphatic rings. The van der Waals surface area contributed by atoms with Crippen LogP contribution in [0.2, 0.25) is 0 Å². The third-order valence-electron chi connectivity index (χ3n) is 2.05. The molecule has 1 rings (SSSR count).